The van der Waals surface area contributed by atoms with Gasteiger partial charge in [-0.15, -0.1) is 0 Å². The molecule has 1 amide bonds. The summed E-state index contributed by atoms with van der Waals surface area (Å²) in [5.74, 6) is 1.94. The normalized spacial score (nSPS) is 20.7. The van der Waals surface area contributed by atoms with Gasteiger partial charge in [-0.25, -0.2) is 0 Å². The third kappa shape index (κ3) is 2.77. The second-order valence-corrected chi connectivity index (χ2v) is 7.67. The Morgan fingerprint density at radius 2 is 2.04 bits per heavy atom. The largest absolute Gasteiger partial charge is 0.346 e. The molecule has 4 rings (SSSR count). The number of carbonyl (C=O) groups excluding carboxylic acids is 1. The smallest absolute Gasteiger partial charge is 0.256 e. The Hall–Kier alpha value is -2.11. The van der Waals surface area contributed by atoms with Gasteiger partial charge in [0.15, 0.2) is 5.82 Å². The second kappa shape index (κ2) is 6.00. The van der Waals surface area contributed by atoms with Crippen LogP contribution in [-0.4, -0.2) is 32.1 Å². The molecule has 1 aliphatic heterocycles. The Balaban J connectivity index is 1.61. The molecule has 2 aromatic heterocycles. The fourth-order valence-corrected chi connectivity index (χ4v) is 4.10. The highest BCUT2D eigenvalue weighted by Gasteiger charge is 2.37. The molecule has 6 heteroatoms. The van der Waals surface area contributed by atoms with Crippen LogP contribution in [0.4, 0.5) is 0 Å². The molecule has 1 aliphatic carbocycles. The van der Waals surface area contributed by atoms with E-state index in [9.17, 15) is 4.79 Å². The van der Waals surface area contributed by atoms with Gasteiger partial charge in [0.25, 0.3) is 5.91 Å². The lowest BCUT2D eigenvalue weighted by Gasteiger charge is -2.22. The Morgan fingerprint density at radius 3 is 2.68 bits per heavy atom. The first-order valence-corrected chi connectivity index (χ1v) is 9.30. The van der Waals surface area contributed by atoms with Gasteiger partial charge in [-0.3, -0.25) is 4.79 Å². The summed E-state index contributed by atoms with van der Waals surface area (Å²) in [7, 11) is 0. The summed E-state index contributed by atoms with van der Waals surface area (Å²) in [6.07, 6.45) is 4.15. The molecule has 1 saturated heterocycles. The van der Waals surface area contributed by atoms with Crippen molar-refractivity contribution < 1.29 is 9.32 Å². The summed E-state index contributed by atoms with van der Waals surface area (Å²) < 4.78 is 7.63. The molecule has 2 aliphatic rings. The van der Waals surface area contributed by atoms with Crippen molar-refractivity contribution in [2.45, 2.75) is 71.4 Å². The van der Waals surface area contributed by atoms with Crippen molar-refractivity contribution in [3.05, 3.63) is 34.7 Å². The number of amides is 1. The van der Waals surface area contributed by atoms with Gasteiger partial charge in [0.05, 0.1) is 11.6 Å². The molecule has 0 bridgehead atoms. The summed E-state index contributed by atoms with van der Waals surface area (Å²) in [5.41, 5.74) is 2.96. The zero-order chi connectivity index (χ0) is 17.7. The number of aryl methyl sites for hydroxylation is 1. The van der Waals surface area contributed by atoms with Crippen LogP contribution in [0.25, 0.3) is 0 Å². The molecule has 0 N–H and O–H groups in total. The highest BCUT2D eigenvalue weighted by Crippen LogP contribution is 2.40. The third-order valence-corrected chi connectivity index (χ3v) is 5.43. The molecule has 6 nitrogen and oxygen atoms in total. The first-order valence-electron chi connectivity index (χ1n) is 9.30. The topological polar surface area (TPSA) is 64.2 Å². The van der Waals surface area contributed by atoms with Gasteiger partial charge >= 0.3 is 0 Å². The van der Waals surface area contributed by atoms with Crippen LogP contribution in [0.1, 0.15) is 91.0 Å². The van der Waals surface area contributed by atoms with Crippen molar-refractivity contribution in [2.75, 3.05) is 6.54 Å². The van der Waals surface area contributed by atoms with Crippen LogP contribution >= 0.6 is 0 Å². The van der Waals surface area contributed by atoms with E-state index in [4.69, 9.17) is 4.52 Å². The number of carbonyl (C=O) groups is 1. The van der Waals surface area contributed by atoms with E-state index in [0.717, 1.165) is 55.1 Å². The standard InChI is InChI=1S/C19H26N4O2/c1-11(2)23-12(3)10-15(13(23)4)19(24)22-9-5-6-16(22)17-20-18(25-21-17)14-7-8-14/h10-11,14,16H,5-9H2,1-4H3/t16-/m1/s1. The van der Waals surface area contributed by atoms with Gasteiger partial charge in [0.2, 0.25) is 5.89 Å². The van der Waals surface area contributed by atoms with Crippen molar-refractivity contribution in [3.63, 3.8) is 0 Å². The van der Waals surface area contributed by atoms with E-state index in [0.29, 0.717) is 17.8 Å². The molecule has 2 aromatic rings. The maximum Gasteiger partial charge on any atom is 0.256 e. The van der Waals surface area contributed by atoms with Crippen LogP contribution in [0.2, 0.25) is 0 Å². The molecular weight excluding hydrogens is 316 g/mol. The Morgan fingerprint density at radius 1 is 1.28 bits per heavy atom. The highest BCUT2D eigenvalue weighted by atomic mass is 16.5. The lowest BCUT2D eigenvalue weighted by atomic mass is 10.1. The zero-order valence-electron chi connectivity index (χ0n) is 15.5. The Kier molecular flexibility index (Phi) is 3.93. The number of hydrogen-bond donors (Lipinski definition) is 0. The van der Waals surface area contributed by atoms with E-state index in [1.807, 2.05) is 17.9 Å². The maximum atomic E-state index is 13.2. The quantitative estimate of drug-likeness (QED) is 0.844. The first kappa shape index (κ1) is 16.4. The second-order valence-electron chi connectivity index (χ2n) is 7.67. The van der Waals surface area contributed by atoms with Crippen LogP contribution in [0.5, 0.6) is 0 Å². The average molecular weight is 342 g/mol. The molecule has 3 heterocycles. The average Bonchev–Trinajstić information content (AvgIpc) is 2.99. The van der Waals surface area contributed by atoms with Gasteiger partial charge < -0.3 is 14.0 Å². The molecule has 0 unspecified atom stereocenters. The van der Waals surface area contributed by atoms with Crippen LogP contribution in [0.15, 0.2) is 10.6 Å². The minimum absolute atomic E-state index is 0.0640. The van der Waals surface area contributed by atoms with E-state index in [1.54, 1.807) is 0 Å². The van der Waals surface area contributed by atoms with E-state index in [2.05, 4.69) is 35.5 Å². The van der Waals surface area contributed by atoms with Crippen LogP contribution in [0.3, 0.4) is 0 Å². The SMILES string of the molecule is Cc1cc(C(=O)N2CCC[C@@H]2c2noc(C3CC3)n2)c(C)n1C(C)C. The minimum Gasteiger partial charge on any atom is -0.346 e. The van der Waals surface area contributed by atoms with Gasteiger partial charge in [0.1, 0.15) is 0 Å². The molecule has 1 atom stereocenters. The molecule has 0 spiro atoms. The highest BCUT2D eigenvalue weighted by molar-refractivity contribution is 5.96. The van der Waals surface area contributed by atoms with E-state index >= 15 is 0 Å². The van der Waals surface area contributed by atoms with E-state index in [-0.39, 0.29) is 11.9 Å². The molecule has 2 fully saturated rings. The molecule has 1 saturated carbocycles. The summed E-state index contributed by atoms with van der Waals surface area (Å²) in [5, 5.41) is 4.17. The summed E-state index contributed by atoms with van der Waals surface area (Å²) in [6, 6.07) is 2.29. The number of nitrogens with zero attached hydrogens (tertiary/aromatic N) is 4. The van der Waals surface area contributed by atoms with Crippen molar-refractivity contribution in [1.82, 2.24) is 19.6 Å². The lowest BCUT2D eigenvalue weighted by Crippen LogP contribution is -2.31. The van der Waals surface area contributed by atoms with Gasteiger partial charge in [-0.1, -0.05) is 5.16 Å². The number of hydrogen-bond acceptors (Lipinski definition) is 4. The van der Waals surface area contributed by atoms with Gasteiger partial charge in [-0.2, -0.15) is 4.98 Å². The zero-order valence-corrected chi connectivity index (χ0v) is 15.5. The van der Waals surface area contributed by atoms with Crippen LogP contribution in [0, 0.1) is 13.8 Å². The summed E-state index contributed by atoms with van der Waals surface area (Å²) in [4.78, 5) is 19.7. The molecule has 134 valence electrons. The molecule has 0 radical (unpaired) electrons. The molecular formula is C19H26N4O2. The maximum absolute atomic E-state index is 13.2. The van der Waals surface area contributed by atoms with Crippen LogP contribution in [-0.2, 0) is 0 Å². The predicted octanol–water partition coefficient (Wildman–Crippen LogP) is 3.92. The minimum atomic E-state index is -0.0640. The van der Waals surface area contributed by atoms with E-state index in [1.165, 1.54) is 0 Å². The van der Waals surface area contributed by atoms with Crippen molar-refractivity contribution in [1.29, 1.82) is 0 Å². The van der Waals surface area contributed by atoms with Gasteiger partial charge in [-0.05, 0) is 59.4 Å². The van der Waals surface area contributed by atoms with Crippen molar-refractivity contribution >= 4 is 5.91 Å². The summed E-state index contributed by atoms with van der Waals surface area (Å²) in [6.45, 7) is 9.14. The lowest BCUT2D eigenvalue weighted by molar-refractivity contribution is 0.0727. The first-order chi connectivity index (χ1) is 12.0. The fraction of sp³-hybridized carbons (Fsp3) is 0.632. The van der Waals surface area contributed by atoms with Crippen LogP contribution < -0.4 is 0 Å². The monoisotopic (exact) mass is 342 g/mol. The molecule has 25 heavy (non-hydrogen) atoms. The van der Waals surface area contributed by atoms with Crippen molar-refractivity contribution in [3.8, 4) is 0 Å². The third-order valence-electron chi connectivity index (χ3n) is 5.43. The molecule has 0 aromatic carbocycles. The van der Waals surface area contributed by atoms with E-state index < -0.39 is 0 Å². The fourth-order valence-electron chi connectivity index (χ4n) is 4.10. The number of rotatable bonds is 4. The predicted molar refractivity (Wildman–Crippen MR) is 93.6 cm³/mol. The summed E-state index contributed by atoms with van der Waals surface area (Å²) >= 11 is 0. The Bertz CT molecular complexity index is 800. The van der Waals surface area contributed by atoms with Gasteiger partial charge in [0, 0.05) is 29.9 Å². The Labute approximate surface area is 148 Å². The number of aromatic nitrogens is 3. The number of likely N-dealkylation sites (tertiary alicyclic amines) is 1. The van der Waals surface area contributed by atoms with Crippen molar-refractivity contribution in [2.24, 2.45) is 0 Å².